The molecule has 3 heteroatoms. The SMILES string of the molecule is Cc1cc(F)c(CCC(C)N)c(F)c1. The number of nitrogens with two attached hydrogens (primary N) is 1. The van der Waals surface area contributed by atoms with Gasteiger partial charge in [-0.3, -0.25) is 0 Å². The van der Waals surface area contributed by atoms with Crippen molar-refractivity contribution in [3.05, 3.63) is 34.9 Å². The van der Waals surface area contributed by atoms with Crippen molar-refractivity contribution in [2.24, 2.45) is 5.73 Å². The van der Waals surface area contributed by atoms with Gasteiger partial charge in [0.25, 0.3) is 0 Å². The van der Waals surface area contributed by atoms with Gasteiger partial charge in [0.05, 0.1) is 0 Å². The molecule has 14 heavy (non-hydrogen) atoms. The summed E-state index contributed by atoms with van der Waals surface area (Å²) in [5, 5.41) is 0. The second-order valence-electron chi connectivity index (χ2n) is 3.72. The van der Waals surface area contributed by atoms with Gasteiger partial charge in [-0.15, -0.1) is 0 Å². The van der Waals surface area contributed by atoms with E-state index in [0.29, 0.717) is 18.4 Å². The lowest BCUT2D eigenvalue weighted by molar-refractivity contribution is 0.539. The maximum atomic E-state index is 13.3. The van der Waals surface area contributed by atoms with E-state index in [1.165, 1.54) is 12.1 Å². The maximum Gasteiger partial charge on any atom is 0.129 e. The summed E-state index contributed by atoms with van der Waals surface area (Å²) in [6.07, 6.45) is 0.951. The van der Waals surface area contributed by atoms with Gasteiger partial charge in [0, 0.05) is 11.6 Å². The molecule has 1 unspecified atom stereocenters. The molecule has 2 N–H and O–H groups in total. The number of hydrogen-bond donors (Lipinski definition) is 1. The molecule has 1 nitrogen and oxygen atoms in total. The van der Waals surface area contributed by atoms with Gasteiger partial charge in [0.1, 0.15) is 11.6 Å². The molecule has 0 fully saturated rings. The van der Waals surface area contributed by atoms with Gasteiger partial charge in [-0.05, 0) is 44.4 Å². The van der Waals surface area contributed by atoms with Crippen molar-refractivity contribution in [3.63, 3.8) is 0 Å². The lowest BCUT2D eigenvalue weighted by Crippen LogP contribution is -2.16. The standard InChI is InChI=1S/C11H15F2N/c1-7-5-10(12)9(11(13)6-7)4-3-8(2)14/h5-6,8H,3-4,14H2,1-2H3. The molecule has 0 aliphatic carbocycles. The van der Waals surface area contributed by atoms with Crippen LogP contribution in [0.4, 0.5) is 8.78 Å². The summed E-state index contributed by atoms with van der Waals surface area (Å²) in [4.78, 5) is 0. The normalized spacial score (nSPS) is 12.9. The summed E-state index contributed by atoms with van der Waals surface area (Å²) < 4.78 is 26.6. The van der Waals surface area contributed by atoms with Crippen LogP contribution in [0.2, 0.25) is 0 Å². The van der Waals surface area contributed by atoms with Gasteiger partial charge >= 0.3 is 0 Å². The number of hydrogen-bond acceptors (Lipinski definition) is 1. The van der Waals surface area contributed by atoms with Crippen LogP contribution in [-0.2, 0) is 6.42 Å². The average molecular weight is 199 g/mol. The quantitative estimate of drug-likeness (QED) is 0.795. The van der Waals surface area contributed by atoms with Crippen molar-refractivity contribution in [1.82, 2.24) is 0 Å². The maximum absolute atomic E-state index is 13.3. The number of benzene rings is 1. The Balaban J connectivity index is 2.86. The molecular formula is C11H15F2N. The fourth-order valence-electron chi connectivity index (χ4n) is 1.34. The van der Waals surface area contributed by atoms with Crippen LogP contribution in [-0.4, -0.2) is 6.04 Å². The minimum atomic E-state index is -0.469. The van der Waals surface area contributed by atoms with Crippen molar-refractivity contribution in [2.75, 3.05) is 0 Å². The largest absolute Gasteiger partial charge is 0.328 e. The molecule has 1 aromatic rings. The van der Waals surface area contributed by atoms with Crippen LogP contribution in [0, 0.1) is 18.6 Å². The number of aryl methyl sites for hydroxylation is 1. The van der Waals surface area contributed by atoms with Crippen LogP contribution in [0.25, 0.3) is 0 Å². The third-order valence-corrected chi connectivity index (χ3v) is 2.14. The first-order valence-corrected chi connectivity index (χ1v) is 4.71. The molecule has 1 aromatic carbocycles. The Kier molecular flexibility index (Phi) is 3.58. The van der Waals surface area contributed by atoms with Crippen LogP contribution in [0.15, 0.2) is 12.1 Å². The minimum absolute atomic E-state index is 0.0323. The molecule has 0 bridgehead atoms. The topological polar surface area (TPSA) is 26.0 Å². The highest BCUT2D eigenvalue weighted by atomic mass is 19.1. The Morgan fingerprint density at radius 2 is 1.79 bits per heavy atom. The van der Waals surface area contributed by atoms with Gasteiger partial charge in [-0.2, -0.15) is 0 Å². The average Bonchev–Trinajstić information content (AvgIpc) is 2.01. The molecule has 78 valence electrons. The number of rotatable bonds is 3. The summed E-state index contributed by atoms with van der Waals surface area (Å²) in [5.74, 6) is -0.939. The third-order valence-electron chi connectivity index (χ3n) is 2.14. The van der Waals surface area contributed by atoms with Crippen LogP contribution < -0.4 is 5.73 Å². The molecule has 1 atom stereocenters. The van der Waals surface area contributed by atoms with E-state index in [1.807, 2.05) is 6.92 Å². The minimum Gasteiger partial charge on any atom is -0.328 e. The predicted octanol–water partition coefficient (Wildman–Crippen LogP) is 2.55. The highest BCUT2D eigenvalue weighted by Crippen LogP contribution is 2.17. The lowest BCUT2D eigenvalue weighted by Gasteiger charge is -2.08. The second kappa shape index (κ2) is 4.51. The van der Waals surface area contributed by atoms with Gasteiger partial charge in [-0.25, -0.2) is 8.78 Å². The van der Waals surface area contributed by atoms with Crippen molar-refractivity contribution >= 4 is 0 Å². The zero-order valence-corrected chi connectivity index (χ0v) is 8.48. The molecule has 0 radical (unpaired) electrons. The first kappa shape index (κ1) is 11.1. The van der Waals surface area contributed by atoms with E-state index in [4.69, 9.17) is 5.73 Å². The fraction of sp³-hybridized carbons (Fsp3) is 0.455. The van der Waals surface area contributed by atoms with E-state index >= 15 is 0 Å². The van der Waals surface area contributed by atoms with Crippen LogP contribution in [0.5, 0.6) is 0 Å². The highest BCUT2D eigenvalue weighted by Gasteiger charge is 2.10. The van der Waals surface area contributed by atoms with E-state index in [0.717, 1.165) is 0 Å². The predicted molar refractivity (Wildman–Crippen MR) is 53.1 cm³/mol. The summed E-state index contributed by atoms with van der Waals surface area (Å²) in [5.41, 5.74) is 6.27. The van der Waals surface area contributed by atoms with E-state index in [9.17, 15) is 8.78 Å². The molecule has 0 aromatic heterocycles. The van der Waals surface area contributed by atoms with E-state index in [1.54, 1.807) is 6.92 Å². The molecule has 1 rings (SSSR count). The highest BCUT2D eigenvalue weighted by molar-refractivity contribution is 5.25. The molecule has 0 saturated carbocycles. The molecule has 0 spiro atoms. The molecular weight excluding hydrogens is 184 g/mol. The smallest absolute Gasteiger partial charge is 0.129 e. The van der Waals surface area contributed by atoms with Crippen molar-refractivity contribution in [2.45, 2.75) is 32.7 Å². The van der Waals surface area contributed by atoms with Gasteiger partial charge in [-0.1, -0.05) is 0 Å². The fourth-order valence-corrected chi connectivity index (χ4v) is 1.34. The molecule has 0 aliphatic heterocycles. The van der Waals surface area contributed by atoms with E-state index < -0.39 is 11.6 Å². The Labute approximate surface area is 82.9 Å². The first-order chi connectivity index (χ1) is 6.50. The summed E-state index contributed by atoms with van der Waals surface area (Å²) in [6, 6.07) is 2.66. The van der Waals surface area contributed by atoms with Crippen LogP contribution in [0.1, 0.15) is 24.5 Å². The summed E-state index contributed by atoms with van der Waals surface area (Å²) in [6.45, 7) is 3.49. The Morgan fingerprint density at radius 1 is 1.29 bits per heavy atom. The van der Waals surface area contributed by atoms with Gasteiger partial charge in [0.15, 0.2) is 0 Å². The van der Waals surface area contributed by atoms with Crippen LogP contribution in [0.3, 0.4) is 0 Å². The molecule has 0 amide bonds. The monoisotopic (exact) mass is 199 g/mol. The molecule has 0 aliphatic rings. The molecule has 0 heterocycles. The summed E-state index contributed by atoms with van der Waals surface area (Å²) in [7, 11) is 0. The van der Waals surface area contributed by atoms with Gasteiger partial charge < -0.3 is 5.73 Å². The molecule has 0 saturated heterocycles. The first-order valence-electron chi connectivity index (χ1n) is 4.71. The zero-order chi connectivity index (χ0) is 10.7. The van der Waals surface area contributed by atoms with Crippen molar-refractivity contribution < 1.29 is 8.78 Å². The van der Waals surface area contributed by atoms with E-state index in [-0.39, 0.29) is 11.6 Å². The van der Waals surface area contributed by atoms with Crippen LogP contribution >= 0.6 is 0 Å². The number of halogens is 2. The van der Waals surface area contributed by atoms with Crippen molar-refractivity contribution in [1.29, 1.82) is 0 Å². The van der Waals surface area contributed by atoms with E-state index in [2.05, 4.69) is 0 Å². The zero-order valence-electron chi connectivity index (χ0n) is 8.48. The third kappa shape index (κ3) is 2.77. The second-order valence-corrected chi connectivity index (χ2v) is 3.72. The Bertz CT molecular complexity index is 298. The lowest BCUT2D eigenvalue weighted by atomic mass is 10.0. The van der Waals surface area contributed by atoms with Crippen molar-refractivity contribution in [3.8, 4) is 0 Å². The van der Waals surface area contributed by atoms with Gasteiger partial charge in [0.2, 0.25) is 0 Å². The Morgan fingerprint density at radius 3 is 2.21 bits per heavy atom. The Hall–Kier alpha value is -0.960. The summed E-state index contributed by atoms with van der Waals surface area (Å²) >= 11 is 0.